The van der Waals surface area contributed by atoms with Crippen LogP contribution < -0.4 is 10.2 Å². The zero-order valence-corrected chi connectivity index (χ0v) is 17.5. The number of carbonyl (C=O) groups excluding carboxylic acids is 1. The number of nitrogens with one attached hydrogen (secondary N) is 1. The first-order valence-corrected chi connectivity index (χ1v) is 10.9. The minimum atomic E-state index is -0.208. The smallest absolute Gasteiger partial charge is 0.252 e. The molecule has 1 N–H and O–H groups in total. The minimum absolute atomic E-state index is 0.208. The van der Waals surface area contributed by atoms with Crippen molar-refractivity contribution < 1.29 is 9.53 Å². The van der Waals surface area contributed by atoms with Crippen LogP contribution >= 0.6 is 23.4 Å². The zero-order chi connectivity index (χ0) is 20.2. The second-order valence-corrected chi connectivity index (χ2v) is 7.65. The van der Waals surface area contributed by atoms with E-state index in [2.05, 4.69) is 20.3 Å². The Morgan fingerprint density at radius 2 is 2.07 bits per heavy atom. The Balaban J connectivity index is 1.52. The van der Waals surface area contributed by atoms with Crippen molar-refractivity contribution in [1.82, 2.24) is 25.1 Å². The van der Waals surface area contributed by atoms with E-state index in [-0.39, 0.29) is 5.91 Å². The number of rotatable bonds is 6. The van der Waals surface area contributed by atoms with Crippen molar-refractivity contribution >= 4 is 46.1 Å². The molecule has 1 aliphatic rings. The van der Waals surface area contributed by atoms with Crippen LogP contribution in [-0.4, -0.2) is 64.8 Å². The number of amides is 1. The van der Waals surface area contributed by atoms with E-state index in [4.69, 9.17) is 21.3 Å². The van der Waals surface area contributed by atoms with Crippen molar-refractivity contribution in [2.75, 3.05) is 44.0 Å². The molecule has 8 nitrogen and oxygen atoms in total. The number of anilines is 1. The van der Waals surface area contributed by atoms with Gasteiger partial charge in [-0.15, -0.1) is 0 Å². The average molecular weight is 433 g/mol. The zero-order valence-electron chi connectivity index (χ0n) is 16.0. The van der Waals surface area contributed by atoms with Crippen molar-refractivity contribution in [3.63, 3.8) is 0 Å². The van der Waals surface area contributed by atoms with Crippen molar-refractivity contribution in [2.24, 2.45) is 0 Å². The molecule has 0 bridgehead atoms. The van der Waals surface area contributed by atoms with E-state index < -0.39 is 0 Å². The van der Waals surface area contributed by atoms with E-state index in [9.17, 15) is 4.79 Å². The lowest BCUT2D eigenvalue weighted by molar-refractivity contribution is 0.0952. The summed E-state index contributed by atoms with van der Waals surface area (Å²) in [6.07, 6.45) is 3.74. The third-order valence-electron chi connectivity index (χ3n) is 4.68. The van der Waals surface area contributed by atoms with E-state index in [1.165, 1.54) is 11.8 Å². The highest BCUT2D eigenvalue weighted by Crippen LogP contribution is 2.27. The molecule has 0 aliphatic carbocycles. The first kappa shape index (κ1) is 19.9. The Kier molecular flexibility index (Phi) is 6.17. The number of carbonyl (C=O) groups is 1. The molecule has 0 radical (unpaired) electrons. The van der Waals surface area contributed by atoms with Gasteiger partial charge in [-0.05, 0) is 18.4 Å². The van der Waals surface area contributed by atoms with Crippen LogP contribution in [0.5, 0.6) is 0 Å². The highest BCUT2D eigenvalue weighted by atomic mass is 35.5. The Morgan fingerprint density at radius 3 is 2.83 bits per heavy atom. The fraction of sp³-hybridized carbons (Fsp3) is 0.368. The molecule has 1 aromatic carbocycles. The van der Waals surface area contributed by atoms with Crippen LogP contribution in [-0.2, 0) is 11.3 Å². The summed E-state index contributed by atoms with van der Waals surface area (Å²) in [5.41, 5.74) is 1.22. The summed E-state index contributed by atoms with van der Waals surface area (Å²) in [4.78, 5) is 23.9. The molecule has 3 aromatic rings. The van der Waals surface area contributed by atoms with Crippen LogP contribution in [0, 0.1) is 0 Å². The molecule has 0 unspecified atom stereocenters. The van der Waals surface area contributed by atoms with Crippen LogP contribution in [0.4, 0.5) is 5.82 Å². The molecule has 3 heterocycles. The number of fused-ring (bicyclic) bond motifs is 1. The molecule has 2 aromatic heterocycles. The van der Waals surface area contributed by atoms with Gasteiger partial charge in [0.2, 0.25) is 0 Å². The van der Waals surface area contributed by atoms with Gasteiger partial charge in [0.05, 0.1) is 41.9 Å². The number of halogens is 1. The van der Waals surface area contributed by atoms with Gasteiger partial charge in [-0.25, -0.2) is 14.6 Å². The quantitative estimate of drug-likeness (QED) is 0.473. The molecule has 0 atom stereocenters. The molecule has 1 aliphatic heterocycles. The van der Waals surface area contributed by atoms with E-state index >= 15 is 0 Å². The summed E-state index contributed by atoms with van der Waals surface area (Å²) < 4.78 is 7.25. The van der Waals surface area contributed by atoms with E-state index in [1.54, 1.807) is 35.1 Å². The Hall–Kier alpha value is -2.36. The molecule has 1 amide bonds. The number of hydrogen-bond acceptors (Lipinski definition) is 7. The molecular formula is C19H21ClN6O2S. The summed E-state index contributed by atoms with van der Waals surface area (Å²) >= 11 is 7.58. The van der Waals surface area contributed by atoms with Gasteiger partial charge in [-0.2, -0.15) is 5.10 Å². The second kappa shape index (κ2) is 8.98. The summed E-state index contributed by atoms with van der Waals surface area (Å²) in [5.74, 6) is 0.675. The maximum Gasteiger partial charge on any atom is 0.252 e. The predicted octanol–water partition coefficient (Wildman–Crippen LogP) is 2.47. The standard InChI is InChI=1S/C19H21ClN6O2S/c1-29-19-23-16(25-8-10-28-11-9-25)14-12-22-26(17(14)24-19)7-6-21-18(27)13-4-2-3-5-15(13)20/h2-5,12H,6-11H2,1H3,(H,21,27). The number of aromatic nitrogens is 4. The average Bonchev–Trinajstić information content (AvgIpc) is 3.16. The van der Waals surface area contributed by atoms with E-state index in [1.807, 2.05) is 6.26 Å². The van der Waals surface area contributed by atoms with Gasteiger partial charge in [0.1, 0.15) is 5.82 Å². The van der Waals surface area contributed by atoms with Gasteiger partial charge >= 0.3 is 0 Å². The maximum atomic E-state index is 12.3. The Labute approximate surface area is 177 Å². The van der Waals surface area contributed by atoms with Gasteiger partial charge in [-0.1, -0.05) is 35.5 Å². The molecule has 0 saturated carbocycles. The fourth-order valence-corrected chi connectivity index (χ4v) is 3.79. The molecule has 1 saturated heterocycles. The predicted molar refractivity (Wildman–Crippen MR) is 114 cm³/mol. The number of morpholine rings is 1. The minimum Gasteiger partial charge on any atom is -0.378 e. The third kappa shape index (κ3) is 4.31. The monoisotopic (exact) mass is 432 g/mol. The van der Waals surface area contributed by atoms with Gasteiger partial charge in [0, 0.05) is 19.6 Å². The number of ether oxygens (including phenoxy) is 1. The summed E-state index contributed by atoms with van der Waals surface area (Å²) in [6.45, 7) is 3.85. The van der Waals surface area contributed by atoms with Crippen molar-refractivity contribution in [3.8, 4) is 0 Å². The van der Waals surface area contributed by atoms with E-state index in [0.29, 0.717) is 42.0 Å². The van der Waals surface area contributed by atoms with Gasteiger partial charge in [0.15, 0.2) is 10.8 Å². The maximum absolute atomic E-state index is 12.3. The van der Waals surface area contributed by atoms with E-state index in [0.717, 1.165) is 29.9 Å². The normalized spacial score (nSPS) is 14.3. The van der Waals surface area contributed by atoms with Crippen molar-refractivity contribution in [1.29, 1.82) is 0 Å². The molecular weight excluding hydrogens is 412 g/mol. The molecule has 10 heteroatoms. The first-order valence-electron chi connectivity index (χ1n) is 9.30. The lowest BCUT2D eigenvalue weighted by atomic mass is 10.2. The molecule has 29 heavy (non-hydrogen) atoms. The topological polar surface area (TPSA) is 85.2 Å². The summed E-state index contributed by atoms with van der Waals surface area (Å²) in [7, 11) is 0. The summed E-state index contributed by atoms with van der Waals surface area (Å²) in [5, 5.41) is 9.40. The van der Waals surface area contributed by atoms with Crippen molar-refractivity contribution in [3.05, 3.63) is 41.0 Å². The van der Waals surface area contributed by atoms with Crippen LogP contribution in [0.15, 0.2) is 35.6 Å². The van der Waals surface area contributed by atoms with Crippen LogP contribution in [0.1, 0.15) is 10.4 Å². The highest BCUT2D eigenvalue weighted by Gasteiger charge is 2.20. The SMILES string of the molecule is CSc1nc(N2CCOCC2)c2cnn(CCNC(=O)c3ccccc3Cl)c2n1. The lowest BCUT2D eigenvalue weighted by Crippen LogP contribution is -2.37. The number of benzene rings is 1. The van der Waals surface area contributed by atoms with Crippen LogP contribution in [0.3, 0.4) is 0 Å². The fourth-order valence-electron chi connectivity index (χ4n) is 3.21. The third-order valence-corrected chi connectivity index (χ3v) is 5.55. The molecule has 0 spiro atoms. The van der Waals surface area contributed by atoms with Crippen molar-refractivity contribution in [2.45, 2.75) is 11.7 Å². The lowest BCUT2D eigenvalue weighted by Gasteiger charge is -2.28. The first-order chi connectivity index (χ1) is 14.2. The number of hydrogen-bond donors (Lipinski definition) is 1. The molecule has 4 rings (SSSR count). The van der Waals surface area contributed by atoms with Crippen LogP contribution in [0.25, 0.3) is 11.0 Å². The Morgan fingerprint density at radius 1 is 1.28 bits per heavy atom. The highest BCUT2D eigenvalue weighted by molar-refractivity contribution is 7.98. The van der Waals surface area contributed by atoms with Gasteiger partial charge in [-0.3, -0.25) is 4.79 Å². The van der Waals surface area contributed by atoms with Gasteiger partial charge < -0.3 is 15.0 Å². The second-order valence-electron chi connectivity index (χ2n) is 6.47. The largest absolute Gasteiger partial charge is 0.378 e. The van der Waals surface area contributed by atoms with Crippen LogP contribution in [0.2, 0.25) is 5.02 Å². The summed E-state index contributed by atoms with van der Waals surface area (Å²) in [6, 6.07) is 6.99. The molecule has 152 valence electrons. The number of nitrogens with zero attached hydrogens (tertiary/aromatic N) is 5. The molecule has 1 fully saturated rings. The number of thioether (sulfide) groups is 1. The Bertz CT molecular complexity index is 1020. The van der Waals surface area contributed by atoms with Gasteiger partial charge in [0.25, 0.3) is 5.91 Å².